The minimum Gasteiger partial charge on any atom is -0.310 e. The van der Waals surface area contributed by atoms with Crippen molar-refractivity contribution >= 4 is 11.6 Å². The van der Waals surface area contributed by atoms with E-state index in [1.165, 1.54) is 0 Å². The van der Waals surface area contributed by atoms with E-state index in [0.717, 1.165) is 5.56 Å². The lowest BCUT2D eigenvalue weighted by Gasteiger charge is -2.30. The van der Waals surface area contributed by atoms with Crippen LogP contribution in [0.1, 0.15) is 31.2 Å². The van der Waals surface area contributed by atoms with E-state index < -0.39 is 12.1 Å². The average molecular weight is 292 g/mol. The Morgan fingerprint density at radius 3 is 2.16 bits per heavy atom. The second kappa shape index (κ2) is 6.14. The molecule has 1 aliphatic rings. The van der Waals surface area contributed by atoms with Crippen molar-refractivity contribution in [3.05, 3.63) is 34.9 Å². The maximum Gasteiger partial charge on any atom is 0.391 e. The maximum atomic E-state index is 12.5. The van der Waals surface area contributed by atoms with Crippen molar-refractivity contribution in [1.29, 1.82) is 0 Å². The molecule has 0 unspecified atom stereocenters. The van der Waals surface area contributed by atoms with Gasteiger partial charge in [0.15, 0.2) is 0 Å². The van der Waals surface area contributed by atoms with Gasteiger partial charge in [-0.25, -0.2) is 0 Å². The van der Waals surface area contributed by atoms with Gasteiger partial charge in [-0.05, 0) is 43.4 Å². The molecule has 0 aliphatic heterocycles. The molecule has 1 fully saturated rings. The Balaban J connectivity index is 1.75. The molecule has 0 atom stereocenters. The van der Waals surface area contributed by atoms with Gasteiger partial charge < -0.3 is 5.32 Å². The highest BCUT2D eigenvalue weighted by molar-refractivity contribution is 6.30. The number of hydrogen-bond donors (Lipinski definition) is 1. The monoisotopic (exact) mass is 291 g/mol. The minimum absolute atomic E-state index is 0.189. The minimum atomic E-state index is -4.03. The fourth-order valence-electron chi connectivity index (χ4n) is 2.49. The molecule has 1 aromatic rings. The lowest BCUT2D eigenvalue weighted by molar-refractivity contribution is -0.182. The van der Waals surface area contributed by atoms with Crippen LogP contribution in [0.5, 0.6) is 0 Å². The number of alkyl halides is 3. The van der Waals surface area contributed by atoms with Crippen molar-refractivity contribution < 1.29 is 13.2 Å². The largest absolute Gasteiger partial charge is 0.391 e. The number of rotatable bonds is 3. The van der Waals surface area contributed by atoms with Crippen LogP contribution in [0.15, 0.2) is 24.3 Å². The van der Waals surface area contributed by atoms with Gasteiger partial charge in [0.2, 0.25) is 0 Å². The molecule has 0 aromatic heterocycles. The van der Waals surface area contributed by atoms with E-state index in [9.17, 15) is 13.2 Å². The molecule has 0 spiro atoms. The third-order valence-electron chi connectivity index (χ3n) is 3.70. The molecule has 0 heterocycles. The molecule has 0 radical (unpaired) electrons. The van der Waals surface area contributed by atoms with Crippen molar-refractivity contribution in [2.24, 2.45) is 5.92 Å². The van der Waals surface area contributed by atoms with E-state index in [1.807, 2.05) is 24.3 Å². The first-order chi connectivity index (χ1) is 8.95. The molecule has 0 saturated heterocycles. The molecule has 1 N–H and O–H groups in total. The van der Waals surface area contributed by atoms with E-state index in [0.29, 0.717) is 24.4 Å². The highest BCUT2D eigenvalue weighted by atomic mass is 35.5. The third kappa shape index (κ3) is 4.39. The Labute approximate surface area is 116 Å². The number of hydrogen-bond acceptors (Lipinski definition) is 1. The lowest BCUT2D eigenvalue weighted by Crippen LogP contribution is -2.36. The van der Waals surface area contributed by atoms with E-state index >= 15 is 0 Å². The van der Waals surface area contributed by atoms with Crippen LogP contribution in [0.4, 0.5) is 13.2 Å². The summed E-state index contributed by atoms with van der Waals surface area (Å²) < 4.78 is 37.6. The molecule has 0 amide bonds. The summed E-state index contributed by atoms with van der Waals surface area (Å²) in [6.07, 6.45) is -2.36. The van der Waals surface area contributed by atoms with Crippen LogP contribution in [-0.2, 0) is 6.54 Å². The fraction of sp³-hybridized carbons (Fsp3) is 0.571. The average Bonchev–Trinajstić information content (AvgIpc) is 2.37. The summed E-state index contributed by atoms with van der Waals surface area (Å²) in [6, 6.07) is 7.68. The summed E-state index contributed by atoms with van der Waals surface area (Å²) in [5, 5.41) is 4.01. The highest BCUT2D eigenvalue weighted by Gasteiger charge is 2.41. The van der Waals surface area contributed by atoms with Crippen molar-refractivity contribution in [3.8, 4) is 0 Å². The first-order valence-electron chi connectivity index (χ1n) is 6.49. The van der Waals surface area contributed by atoms with Gasteiger partial charge in [0.05, 0.1) is 5.92 Å². The van der Waals surface area contributed by atoms with E-state index in [-0.39, 0.29) is 18.9 Å². The Hall–Kier alpha value is -0.740. The van der Waals surface area contributed by atoms with Crippen LogP contribution in [0.3, 0.4) is 0 Å². The summed E-state index contributed by atoms with van der Waals surface area (Å²) in [5.74, 6) is -1.11. The molecule has 1 nitrogen and oxygen atoms in total. The van der Waals surface area contributed by atoms with Gasteiger partial charge in [0.1, 0.15) is 0 Å². The normalized spacial score (nSPS) is 24.4. The van der Waals surface area contributed by atoms with Gasteiger partial charge in [-0.1, -0.05) is 23.7 Å². The van der Waals surface area contributed by atoms with Crippen molar-refractivity contribution in [1.82, 2.24) is 5.32 Å². The van der Waals surface area contributed by atoms with Crippen LogP contribution >= 0.6 is 11.6 Å². The van der Waals surface area contributed by atoms with Crippen LogP contribution in [0.2, 0.25) is 5.02 Å². The van der Waals surface area contributed by atoms with Crippen LogP contribution in [0, 0.1) is 5.92 Å². The van der Waals surface area contributed by atoms with Gasteiger partial charge in [-0.2, -0.15) is 13.2 Å². The van der Waals surface area contributed by atoms with Crippen molar-refractivity contribution in [2.45, 2.75) is 44.4 Å². The zero-order chi connectivity index (χ0) is 13.9. The SMILES string of the molecule is FC(F)(F)C1CCC(NCc2ccc(Cl)cc2)CC1. The molecule has 1 aromatic carbocycles. The van der Waals surface area contributed by atoms with E-state index in [2.05, 4.69) is 5.32 Å². The zero-order valence-corrected chi connectivity index (χ0v) is 11.3. The van der Waals surface area contributed by atoms with Crippen LogP contribution in [-0.4, -0.2) is 12.2 Å². The molecule has 19 heavy (non-hydrogen) atoms. The first-order valence-corrected chi connectivity index (χ1v) is 6.87. The third-order valence-corrected chi connectivity index (χ3v) is 3.95. The quantitative estimate of drug-likeness (QED) is 0.861. The fourth-order valence-corrected chi connectivity index (χ4v) is 2.62. The summed E-state index contributed by atoms with van der Waals surface area (Å²) in [4.78, 5) is 0. The van der Waals surface area contributed by atoms with Crippen LogP contribution < -0.4 is 5.32 Å². The van der Waals surface area contributed by atoms with Gasteiger partial charge >= 0.3 is 6.18 Å². The highest BCUT2D eigenvalue weighted by Crippen LogP contribution is 2.37. The number of benzene rings is 1. The Bertz CT molecular complexity index is 394. The molecule has 2 rings (SSSR count). The standard InChI is InChI=1S/C14H17ClF3N/c15-12-5-1-10(2-6-12)9-19-13-7-3-11(4-8-13)14(16,17)18/h1-2,5-6,11,13,19H,3-4,7-9H2. The first kappa shape index (κ1) is 14.7. The predicted octanol–water partition coefficient (Wildman–Crippen LogP) is 4.55. The van der Waals surface area contributed by atoms with Gasteiger partial charge in [0.25, 0.3) is 0 Å². The van der Waals surface area contributed by atoms with Gasteiger partial charge in [-0.3, -0.25) is 0 Å². The Morgan fingerprint density at radius 1 is 1.05 bits per heavy atom. The number of nitrogens with one attached hydrogen (secondary N) is 1. The summed E-state index contributed by atoms with van der Waals surface area (Å²) in [5.41, 5.74) is 1.10. The second-order valence-electron chi connectivity index (χ2n) is 5.10. The topological polar surface area (TPSA) is 12.0 Å². The second-order valence-corrected chi connectivity index (χ2v) is 5.53. The molecule has 106 valence electrons. The van der Waals surface area contributed by atoms with Crippen molar-refractivity contribution in [2.75, 3.05) is 0 Å². The van der Waals surface area contributed by atoms with Crippen molar-refractivity contribution in [3.63, 3.8) is 0 Å². The molecule has 1 saturated carbocycles. The van der Waals surface area contributed by atoms with E-state index in [4.69, 9.17) is 11.6 Å². The summed E-state index contributed by atoms with van der Waals surface area (Å²) in [6.45, 7) is 0.679. The zero-order valence-electron chi connectivity index (χ0n) is 10.5. The van der Waals surface area contributed by atoms with Gasteiger partial charge in [-0.15, -0.1) is 0 Å². The number of halogens is 4. The molecule has 1 aliphatic carbocycles. The van der Waals surface area contributed by atoms with Crippen LogP contribution in [0.25, 0.3) is 0 Å². The molecule has 5 heteroatoms. The van der Waals surface area contributed by atoms with Gasteiger partial charge in [0, 0.05) is 17.6 Å². The predicted molar refractivity (Wildman–Crippen MR) is 70.1 cm³/mol. The molecule has 0 bridgehead atoms. The smallest absolute Gasteiger partial charge is 0.310 e. The van der Waals surface area contributed by atoms with E-state index in [1.54, 1.807) is 0 Å². The molecular formula is C14H17ClF3N. The summed E-state index contributed by atoms with van der Waals surface area (Å²) >= 11 is 5.79. The molecular weight excluding hydrogens is 275 g/mol. The Morgan fingerprint density at radius 2 is 1.63 bits per heavy atom. The lowest BCUT2D eigenvalue weighted by atomic mass is 9.85. The Kier molecular flexibility index (Phi) is 4.74. The summed E-state index contributed by atoms with van der Waals surface area (Å²) in [7, 11) is 0. The maximum absolute atomic E-state index is 12.5.